The highest BCUT2D eigenvalue weighted by Gasteiger charge is 2.51. The lowest BCUT2D eigenvalue weighted by Crippen LogP contribution is -2.39. The highest BCUT2D eigenvalue weighted by atomic mass is 35.5. The number of rotatable bonds is 4. The second-order valence-electron chi connectivity index (χ2n) is 6.07. The van der Waals surface area contributed by atoms with Gasteiger partial charge in [-0.25, -0.2) is 0 Å². The topological polar surface area (TPSA) is 94.8 Å². The fraction of sp³-hybridized carbons (Fsp3) is 0.0526. The predicted molar refractivity (Wildman–Crippen MR) is 114 cm³/mol. The highest BCUT2D eigenvalue weighted by Crippen LogP contribution is 2.52. The first-order valence-electron chi connectivity index (χ1n) is 7.90. The summed E-state index contributed by atoms with van der Waals surface area (Å²) in [7, 11) is -5.05. The summed E-state index contributed by atoms with van der Waals surface area (Å²) in [6.45, 7) is 0. The van der Waals surface area contributed by atoms with Crippen LogP contribution >= 0.6 is 46.4 Å². The summed E-state index contributed by atoms with van der Waals surface area (Å²) in [5, 5.41) is 19.0. The van der Waals surface area contributed by atoms with Gasteiger partial charge in [0.1, 0.15) is 16.5 Å². The zero-order chi connectivity index (χ0) is 21.6. The average molecular weight is 494 g/mol. The van der Waals surface area contributed by atoms with E-state index in [2.05, 4.69) is 0 Å². The Bertz CT molecular complexity index is 1200. The third-order valence-electron chi connectivity index (χ3n) is 4.41. The maximum absolute atomic E-state index is 13.0. The number of halogens is 4. The van der Waals surface area contributed by atoms with E-state index in [4.69, 9.17) is 46.4 Å². The van der Waals surface area contributed by atoms with E-state index in [9.17, 15) is 23.2 Å². The Hall–Kier alpha value is -1.67. The van der Waals surface area contributed by atoms with Gasteiger partial charge in [0.05, 0.1) is 15.1 Å². The average Bonchev–Trinajstić information content (AvgIpc) is 2.65. The van der Waals surface area contributed by atoms with Gasteiger partial charge in [-0.3, -0.25) is 4.55 Å². The number of hydrogen-bond acceptors (Lipinski definition) is 4. The molecule has 1 unspecified atom stereocenters. The van der Waals surface area contributed by atoms with Crippen LogP contribution < -0.4 is 0 Å². The van der Waals surface area contributed by atoms with Gasteiger partial charge in [0.2, 0.25) is 0 Å². The van der Waals surface area contributed by atoms with Crippen LogP contribution in [0.3, 0.4) is 0 Å². The van der Waals surface area contributed by atoms with Gasteiger partial charge in [-0.05, 0) is 23.3 Å². The number of phenols is 2. The molecule has 3 aromatic carbocycles. The molecule has 0 fully saturated rings. The van der Waals surface area contributed by atoms with Crippen molar-refractivity contribution in [2.24, 2.45) is 0 Å². The van der Waals surface area contributed by atoms with Gasteiger partial charge in [0, 0.05) is 11.6 Å². The Balaban J connectivity index is 2.62. The zero-order valence-corrected chi connectivity index (χ0v) is 18.1. The lowest BCUT2D eigenvalue weighted by molar-refractivity contribution is 0.455. The molecule has 0 aliphatic heterocycles. The minimum absolute atomic E-state index is 0.0352. The molecule has 0 radical (unpaired) electrons. The van der Waals surface area contributed by atoms with Crippen molar-refractivity contribution in [3.63, 3.8) is 0 Å². The minimum atomic E-state index is -5.05. The number of aromatic hydroxyl groups is 2. The molecule has 0 aliphatic rings. The first kappa shape index (κ1) is 22.0. The molecule has 3 rings (SSSR count). The molecule has 0 bridgehead atoms. The molecule has 152 valence electrons. The molecule has 0 saturated heterocycles. The van der Waals surface area contributed by atoms with Crippen LogP contribution in [0.1, 0.15) is 16.7 Å². The third kappa shape index (κ3) is 3.54. The van der Waals surface area contributed by atoms with Crippen LogP contribution in [-0.4, -0.2) is 23.2 Å². The monoisotopic (exact) mass is 492 g/mol. The Morgan fingerprint density at radius 2 is 1.34 bits per heavy atom. The Kier molecular flexibility index (Phi) is 5.98. The van der Waals surface area contributed by atoms with E-state index in [1.54, 1.807) is 18.2 Å². The summed E-state index contributed by atoms with van der Waals surface area (Å²) < 4.78 is 34.0. The summed E-state index contributed by atoms with van der Waals surface area (Å²) in [6, 6.07) is 12.3. The smallest absolute Gasteiger partial charge is 0.283 e. The Morgan fingerprint density at radius 3 is 1.90 bits per heavy atom. The lowest BCUT2D eigenvalue weighted by atomic mass is 9.83. The maximum Gasteiger partial charge on any atom is 0.283 e. The predicted octanol–water partition coefficient (Wildman–Crippen LogP) is 5.89. The van der Waals surface area contributed by atoms with Crippen molar-refractivity contribution >= 4 is 56.5 Å². The molecule has 3 N–H and O–H groups in total. The first-order valence-corrected chi connectivity index (χ1v) is 10.9. The van der Waals surface area contributed by atoms with Gasteiger partial charge >= 0.3 is 0 Å². The summed E-state index contributed by atoms with van der Waals surface area (Å²) >= 11 is 24.6. The molecular formula is C19H12Cl4O5S. The molecular weight excluding hydrogens is 482 g/mol. The van der Waals surface area contributed by atoms with Gasteiger partial charge in [-0.2, -0.15) is 8.42 Å². The van der Waals surface area contributed by atoms with E-state index in [0.29, 0.717) is 0 Å². The fourth-order valence-electron chi connectivity index (χ4n) is 3.19. The van der Waals surface area contributed by atoms with E-state index in [0.717, 1.165) is 12.1 Å². The van der Waals surface area contributed by atoms with Crippen molar-refractivity contribution < 1.29 is 23.2 Å². The Labute approximate surface area is 186 Å². The van der Waals surface area contributed by atoms with Crippen molar-refractivity contribution in [3.05, 3.63) is 91.4 Å². The van der Waals surface area contributed by atoms with Crippen LogP contribution in [0.4, 0.5) is 0 Å². The molecule has 0 heterocycles. The summed E-state index contributed by atoms with van der Waals surface area (Å²) in [5.41, 5.74) is -0.326. The largest absolute Gasteiger partial charge is 0.506 e. The van der Waals surface area contributed by atoms with E-state index in [1.165, 1.54) is 24.3 Å². The molecule has 1 atom stereocenters. The van der Waals surface area contributed by atoms with Crippen molar-refractivity contribution in [2.45, 2.75) is 4.75 Å². The number of hydrogen-bond donors (Lipinski definition) is 3. The zero-order valence-electron chi connectivity index (χ0n) is 14.3. The summed E-state index contributed by atoms with van der Waals surface area (Å²) in [5.74, 6) is -0.896. The molecule has 0 aromatic heterocycles. The highest BCUT2D eigenvalue weighted by molar-refractivity contribution is 7.87. The second kappa shape index (κ2) is 7.87. The molecule has 0 saturated carbocycles. The molecule has 0 aliphatic carbocycles. The molecule has 5 nitrogen and oxygen atoms in total. The molecule has 10 heteroatoms. The van der Waals surface area contributed by atoms with Crippen LogP contribution in [0, 0.1) is 0 Å². The van der Waals surface area contributed by atoms with Crippen LogP contribution in [0.2, 0.25) is 20.1 Å². The minimum Gasteiger partial charge on any atom is -0.506 e. The van der Waals surface area contributed by atoms with Gasteiger partial charge in [0.25, 0.3) is 10.1 Å². The molecule has 3 aromatic rings. The Morgan fingerprint density at radius 1 is 0.724 bits per heavy atom. The van der Waals surface area contributed by atoms with Crippen molar-refractivity contribution in [3.8, 4) is 11.5 Å². The van der Waals surface area contributed by atoms with Gasteiger partial charge < -0.3 is 10.2 Å². The molecule has 0 amide bonds. The second-order valence-corrected chi connectivity index (χ2v) is 9.20. The van der Waals surface area contributed by atoms with Gasteiger partial charge in [-0.15, -0.1) is 0 Å². The van der Waals surface area contributed by atoms with Crippen LogP contribution in [-0.2, 0) is 14.9 Å². The quantitative estimate of drug-likeness (QED) is 0.239. The first-order chi connectivity index (χ1) is 13.5. The summed E-state index contributed by atoms with van der Waals surface area (Å²) in [4.78, 5) is 0. The van der Waals surface area contributed by atoms with Crippen molar-refractivity contribution in [1.82, 2.24) is 0 Å². The van der Waals surface area contributed by atoms with E-state index < -0.39 is 26.4 Å². The normalized spacial score (nSPS) is 13.8. The standard InChI is InChI=1S/C19H12Cl4O5S/c20-12-7-6-11(8-14(12)24)19(29(26,27)28,10-4-2-1-3-5-10)16-13(21)9-15(25)17(22)18(16)23/h1-9,24-25H,(H,26,27,28). The number of phenolic OH excluding ortho intramolecular Hbond substituents is 2. The van der Waals surface area contributed by atoms with Crippen LogP contribution in [0.25, 0.3) is 0 Å². The molecule has 0 spiro atoms. The van der Waals surface area contributed by atoms with Crippen molar-refractivity contribution in [1.29, 1.82) is 0 Å². The van der Waals surface area contributed by atoms with E-state index in [-0.39, 0.29) is 36.8 Å². The summed E-state index contributed by atoms with van der Waals surface area (Å²) in [6.07, 6.45) is 0. The fourth-order valence-corrected chi connectivity index (χ4v) is 5.63. The number of benzene rings is 3. The van der Waals surface area contributed by atoms with Crippen molar-refractivity contribution in [2.75, 3.05) is 0 Å². The lowest BCUT2D eigenvalue weighted by Gasteiger charge is -2.34. The van der Waals surface area contributed by atoms with Crippen LogP contribution in [0.5, 0.6) is 11.5 Å². The SMILES string of the molecule is O=S(=O)(O)C(c1ccccc1)(c1ccc(Cl)c(O)c1)c1c(Cl)cc(O)c(Cl)c1Cl. The van der Waals surface area contributed by atoms with Gasteiger partial charge in [-0.1, -0.05) is 82.8 Å². The molecule has 29 heavy (non-hydrogen) atoms. The van der Waals surface area contributed by atoms with Gasteiger partial charge in [0.15, 0.2) is 4.75 Å². The maximum atomic E-state index is 13.0. The third-order valence-corrected chi connectivity index (χ3v) is 7.34. The van der Waals surface area contributed by atoms with E-state index in [1.807, 2.05) is 0 Å². The van der Waals surface area contributed by atoms with E-state index >= 15 is 0 Å². The van der Waals surface area contributed by atoms with Crippen LogP contribution in [0.15, 0.2) is 54.6 Å².